The van der Waals surface area contributed by atoms with Crippen LogP contribution in [0.25, 0.3) is 0 Å². The number of ether oxygens (including phenoxy) is 1. The lowest BCUT2D eigenvalue weighted by molar-refractivity contribution is 0.332. The van der Waals surface area contributed by atoms with Crippen molar-refractivity contribution in [2.45, 2.75) is 6.92 Å². The van der Waals surface area contributed by atoms with Crippen molar-refractivity contribution in [3.8, 4) is 5.75 Å². The van der Waals surface area contributed by atoms with Crippen molar-refractivity contribution in [3.63, 3.8) is 0 Å². The Labute approximate surface area is 115 Å². The van der Waals surface area contributed by atoms with E-state index in [1.807, 2.05) is 24.3 Å². The Morgan fingerprint density at radius 3 is 2.94 bits per heavy atom. The van der Waals surface area contributed by atoms with Gasteiger partial charge in [-0.3, -0.25) is 4.98 Å². The molecule has 0 spiro atoms. The molecule has 3 nitrogen and oxygen atoms in total. The molecule has 94 valence electrons. The standard InChI is InChI=1S/C14H15BrN2O/c1-11-3-2-4-14(7-11)18-6-5-17-13-8-12(15)9-16-10-13/h2-4,7-10,17H,5-6H2,1H3. The van der Waals surface area contributed by atoms with E-state index in [0.29, 0.717) is 6.61 Å². The minimum Gasteiger partial charge on any atom is -0.492 e. The van der Waals surface area contributed by atoms with Crippen LogP contribution in [0, 0.1) is 6.92 Å². The molecule has 0 aliphatic carbocycles. The molecule has 18 heavy (non-hydrogen) atoms. The van der Waals surface area contributed by atoms with Crippen LogP contribution in [0.1, 0.15) is 5.56 Å². The molecule has 0 saturated heterocycles. The van der Waals surface area contributed by atoms with Gasteiger partial charge in [-0.1, -0.05) is 12.1 Å². The summed E-state index contributed by atoms with van der Waals surface area (Å²) in [6.07, 6.45) is 3.55. The normalized spacial score (nSPS) is 10.1. The van der Waals surface area contributed by atoms with Crippen LogP contribution in [0.2, 0.25) is 0 Å². The maximum absolute atomic E-state index is 5.64. The lowest BCUT2D eigenvalue weighted by Gasteiger charge is -2.09. The van der Waals surface area contributed by atoms with E-state index in [2.05, 4.69) is 39.2 Å². The summed E-state index contributed by atoms with van der Waals surface area (Å²) in [6.45, 7) is 3.42. The Morgan fingerprint density at radius 1 is 1.28 bits per heavy atom. The summed E-state index contributed by atoms with van der Waals surface area (Å²) < 4.78 is 6.61. The van der Waals surface area contributed by atoms with Crippen LogP contribution in [0.3, 0.4) is 0 Å². The first-order chi connectivity index (χ1) is 8.74. The van der Waals surface area contributed by atoms with Gasteiger partial charge in [0.25, 0.3) is 0 Å². The van der Waals surface area contributed by atoms with E-state index in [-0.39, 0.29) is 0 Å². The largest absolute Gasteiger partial charge is 0.492 e. The molecule has 0 amide bonds. The van der Waals surface area contributed by atoms with Gasteiger partial charge in [0.2, 0.25) is 0 Å². The van der Waals surface area contributed by atoms with Crippen LogP contribution in [0.15, 0.2) is 47.2 Å². The van der Waals surface area contributed by atoms with Crippen molar-refractivity contribution in [1.82, 2.24) is 4.98 Å². The topological polar surface area (TPSA) is 34.1 Å². The van der Waals surface area contributed by atoms with Gasteiger partial charge in [0.05, 0.1) is 11.9 Å². The summed E-state index contributed by atoms with van der Waals surface area (Å²) in [5, 5.41) is 3.25. The minimum absolute atomic E-state index is 0.621. The monoisotopic (exact) mass is 306 g/mol. The molecule has 0 bridgehead atoms. The first-order valence-corrected chi connectivity index (χ1v) is 6.57. The molecule has 1 N–H and O–H groups in total. The van der Waals surface area contributed by atoms with Crippen LogP contribution >= 0.6 is 15.9 Å². The highest BCUT2D eigenvalue weighted by atomic mass is 79.9. The molecule has 1 aromatic carbocycles. The third kappa shape index (κ3) is 4.04. The van der Waals surface area contributed by atoms with E-state index in [1.165, 1.54) is 5.56 Å². The van der Waals surface area contributed by atoms with Crippen LogP contribution in [0.5, 0.6) is 5.75 Å². The van der Waals surface area contributed by atoms with Crippen molar-refractivity contribution in [2.24, 2.45) is 0 Å². The van der Waals surface area contributed by atoms with Crippen LogP contribution in [-0.4, -0.2) is 18.1 Å². The molecule has 0 aliphatic rings. The highest BCUT2D eigenvalue weighted by Gasteiger charge is 1.96. The number of nitrogens with one attached hydrogen (secondary N) is 1. The smallest absolute Gasteiger partial charge is 0.119 e. The molecule has 4 heteroatoms. The molecule has 0 unspecified atom stereocenters. The molecule has 0 saturated carbocycles. The van der Waals surface area contributed by atoms with Gasteiger partial charge in [0, 0.05) is 17.2 Å². The van der Waals surface area contributed by atoms with E-state index in [0.717, 1.165) is 22.5 Å². The van der Waals surface area contributed by atoms with Crippen molar-refractivity contribution >= 4 is 21.6 Å². The van der Waals surface area contributed by atoms with Crippen molar-refractivity contribution in [2.75, 3.05) is 18.5 Å². The highest BCUT2D eigenvalue weighted by molar-refractivity contribution is 9.10. The zero-order valence-corrected chi connectivity index (χ0v) is 11.8. The highest BCUT2D eigenvalue weighted by Crippen LogP contribution is 2.14. The lowest BCUT2D eigenvalue weighted by atomic mass is 10.2. The summed E-state index contributed by atoms with van der Waals surface area (Å²) in [5.74, 6) is 0.907. The van der Waals surface area contributed by atoms with Gasteiger partial charge in [0.15, 0.2) is 0 Å². The molecule has 0 aliphatic heterocycles. The van der Waals surface area contributed by atoms with Crippen molar-refractivity contribution in [1.29, 1.82) is 0 Å². The van der Waals surface area contributed by atoms with Gasteiger partial charge in [-0.2, -0.15) is 0 Å². The summed E-state index contributed by atoms with van der Waals surface area (Å²) in [7, 11) is 0. The van der Waals surface area contributed by atoms with E-state index >= 15 is 0 Å². The Kier molecular flexibility index (Phi) is 4.59. The number of aromatic nitrogens is 1. The molecule has 2 aromatic rings. The molecule has 0 fully saturated rings. The van der Waals surface area contributed by atoms with E-state index in [4.69, 9.17) is 4.74 Å². The number of anilines is 1. The summed E-state index contributed by atoms with van der Waals surface area (Å²) in [6, 6.07) is 10.0. The Hall–Kier alpha value is -1.55. The number of hydrogen-bond donors (Lipinski definition) is 1. The van der Waals surface area contributed by atoms with Gasteiger partial charge < -0.3 is 10.1 Å². The Morgan fingerprint density at radius 2 is 2.17 bits per heavy atom. The van der Waals surface area contributed by atoms with Gasteiger partial charge in [-0.05, 0) is 46.6 Å². The SMILES string of the molecule is Cc1cccc(OCCNc2cncc(Br)c2)c1. The van der Waals surface area contributed by atoms with Crippen molar-refractivity contribution in [3.05, 3.63) is 52.8 Å². The molecule has 1 aromatic heterocycles. The second-order valence-electron chi connectivity index (χ2n) is 3.98. The van der Waals surface area contributed by atoms with E-state index in [1.54, 1.807) is 12.4 Å². The molecular formula is C14H15BrN2O. The fourth-order valence-corrected chi connectivity index (χ4v) is 1.94. The first-order valence-electron chi connectivity index (χ1n) is 5.78. The Bertz CT molecular complexity index is 469. The number of nitrogens with zero attached hydrogens (tertiary/aromatic N) is 1. The maximum Gasteiger partial charge on any atom is 0.119 e. The second-order valence-corrected chi connectivity index (χ2v) is 4.90. The quantitative estimate of drug-likeness (QED) is 0.856. The van der Waals surface area contributed by atoms with Crippen LogP contribution < -0.4 is 10.1 Å². The molecule has 0 atom stereocenters. The van der Waals surface area contributed by atoms with Gasteiger partial charge in [-0.15, -0.1) is 0 Å². The molecule has 1 heterocycles. The predicted octanol–water partition coefficient (Wildman–Crippen LogP) is 3.64. The van der Waals surface area contributed by atoms with Crippen molar-refractivity contribution < 1.29 is 4.74 Å². The number of aryl methyl sites for hydroxylation is 1. The molecular weight excluding hydrogens is 292 g/mol. The van der Waals surface area contributed by atoms with Gasteiger partial charge >= 0.3 is 0 Å². The second kappa shape index (κ2) is 6.40. The number of benzene rings is 1. The fourth-order valence-electron chi connectivity index (χ4n) is 1.58. The van der Waals surface area contributed by atoms with E-state index < -0.39 is 0 Å². The first kappa shape index (κ1) is 12.9. The fraction of sp³-hybridized carbons (Fsp3) is 0.214. The predicted molar refractivity (Wildman–Crippen MR) is 77.1 cm³/mol. The summed E-state index contributed by atoms with van der Waals surface area (Å²) in [4.78, 5) is 4.08. The Balaban J connectivity index is 1.76. The minimum atomic E-state index is 0.621. The number of halogens is 1. The number of pyridine rings is 1. The zero-order chi connectivity index (χ0) is 12.8. The van der Waals surface area contributed by atoms with Gasteiger partial charge in [0.1, 0.15) is 12.4 Å². The molecule has 2 rings (SSSR count). The third-order valence-electron chi connectivity index (χ3n) is 2.39. The van der Waals surface area contributed by atoms with Crippen LogP contribution in [0.4, 0.5) is 5.69 Å². The number of rotatable bonds is 5. The molecule has 0 radical (unpaired) electrons. The maximum atomic E-state index is 5.64. The third-order valence-corrected chi connectivity index (χ3v) is 2.83. The average molecular weight is 307 g/mol. The van der Waals surface area contributed by atoms with Gasteiger partial charge in [-0.25, -0.2) is 0 Å². The number of hydrogen-bond acceptors (Lipinski definition) is 3. The van der Waals surface area contributed by atoms with Crippen LogP contribution in [-0.2, 0) is 0 Å². The van der Waals surface area contributed by atoms with E-state index in [9.17, 15) is 0 Å². The summed E-state index contributed by atoms with van der Waals surface area (Å²) >= 11 is 3.38. The zero-order valence-electron chi connectivity index (χ0n) is 10.2. The lowest BCUT2D eigenvalue weighted by Crippen LogP contribution is -2.11. The summed E-state index contributed by atoms with van der Waals surface area (Å²) in [5.41, 5.74) is 2.19. The average Bonchev–Trinajstić information content (AvgIpc) is 2.35.